The van der Waals surface area contributed by atoms with Crippen LogP contribution in [0.1, 0.15) is 21.7 Å². The highest BCUT2D eigenvalue weighted by Gasteiger charge is 2.32. The van der Waals surface area contributed by atoms with Crippen molar-refractivity contribution in [1.29, 1.82) is 0 Å². The average molecular weight is 293 g/mol. The molecule has 0 aliphatic carbocycles. The van der Waals surface area contributed by atoms with Gasteiger partial charge in [0.05, 0.1) is 18.4 Å². The number of alkyl halides is 3. The highest BCUT2D eigenvalue weighted by atomic mass is 19.4. The quantitative estimate of drug-likeness (QED) is 0.865. The summed E-state index contributed by atoms with van der Waals surface area (Å²) in [6.45, 7) is -0.0777. The van der Waals surface area contributed by atoms with Crippen LogP contribution < -0.4 is 5.32 Å². The predicted octanol–water partition coefficient (Wildman–Crippen LogP) is 3.08. The number of furan rings is 1. The number of benzene rings is 1. The van der Waals surface area contributed by atoms with Gasteiger partial charge in [0.15, 0.2) is 5.76 Å². The van der Waals surface area contributed by atoms with Crippen molar-refractivity contribution in [2.24, 2.45) is 0 Å². The molecule has 0 fully saturated rings. The SMILES string of the molecule is O=C(NCC#Cc1ccccc1C(F)(F)F)c1ccco1. The van der Waals surface area contributed by atoms with Gasteiger partial charge in [-0.2, -0.15) is 13.2 Å². The molecule has 1 amide bonds. The van der Waals surface area contributed by atoms with Crippen molar-refractivity contribution in [3.8, 4) is 11.8 Å². The van der Waals surface area contributed by atoms with Gasteiger partial charge in [0, 0.05) is 5.56 Å². The van der Waals surface area contributed by atoms with E-state index in [1.54, 1.807) is 6.07 Å². The van der Waals surface area contributed by atoms with Gasteiger partial charge >= 0.3 is 6.18 Å². The maximum atomic E-state index is 12.7. The minimum absolute atomic E-state index is 0.0777. The second kappa shape index (κ2) is 6.18. The largest absolute Gasteiger partial charge is 0.459 e. The lowest BCUT2D eigenvalue weighted by atomic mass is 10.1. The van der Waals surface area contributed by atoms with Gasteiger partial charge in [0.2, 0.25) is 0 Å². The van der Waals surface area contributed by atoms with E-state index in [1.165, 1.54) is 30.5 Å². The van der Waals surface area contributed by atoms with E-state index >= 15 is 0 Å². The third-order valence-electron chi connectivity index (χ3n) is 2.54. The molecule has 0 aliphatic rings. The van der Waals surface area contributed by atoms with E-state index < -0.39 is 17.6 Å². The molecule has 0 aliphatic heterocycles. The van der Waals surface area contributed by atoms with Gasteiger partial charge in [-0.25, -0.2) is 0 Å². The molecule has 2 rings (SSSR count). The third-order valence-corrected chi connectivity index (χ3v) is 2.54. The number of carbonyl (C=O) groups is 1. The molecule has 108 valence electrons. The molecule has 2 aromatic rings. The summed E-state index contributed by atoms with van der Waals surface area (Å²) in [5, 5.41) is 2.43. The second-order valence-electron chi connectivity index (χ2n) is 4.01. The summed E-state index contributed by atoms with van der Waals surface area (Å²) in [6.07, 6.45) is -3.11. The molecule has 1 N–H and O–H groups in total. The number of halogens is 3. The van der Waals surface area contributed by atoms with Crippen LogP contribution in [0.25, 0.3) is 0 Å². The molecule has 6 heteroatoms. The van der Waals surface area contributed by atoms with Crippen LogP contribution in [0, 0.1) is 11.8 Å². The Morgan fingerprint density at radius 2 is 1.95 bits per heavy atom. The molecular weight excluding hydrogens is 283 g/mol. The number of amides is 1. The van der Waals surface area contributed by atoms with E-state index in [0.717, 1.165) is 6.07 Å². The maximum absolute atomic E-state index is 12.7. The van der Waals surface area contributed by atoms with Crippen molar-refractivity contribution in [3.05, 3.63) is 59.5 Å². The molecule has 0 saturated heterocycles. The maximum Gasteiger partial charge on any atom is 0.417 e. The Kier molecular flexibility index (Phi) is 4.33. The molecule has 0 saturated carbocycles. The first-order chi connectivity index (χ1) is 9.98. The van der Waals surface area contributed by atoms with Crippen LogP contribution in [0.15, 0.2) is 47.1 Å². The molecule has 3 nitrogen and oxygen atoms in total. The van der Waals surface area contributed by atoms with Gasteiger partial charge in [-0.3, -0.25) is 4.79 Å². The van der Waals surface area contributed by atoms with Crippen molar-refractivity contribution in [1.82, 2.24) is 5.32 Å². The van der Waals surface area contributed by atoms with Crippen molar-refractivity contribution in [2.75, 3.05) is 6.54 Å². The zero-order chi connectivity index (χ0) is 15.3. The van der Waals surface area contributed by atoms with E-state index in [0.29, 0.717) is 0 Å². The first-order valence-electron chi connectivity index (χ1n) is 5.95. The Hall–Kier alpha value is -2.68. The van der Waals surface area contributed by atoms with Crippen LogP contribution in [0.2, 0.25) is 0 Å². The lowest BCUT2D eigenvalue weighted by molar-refractivity contribution is -0.137. The molecule has 1 aromatic heterocycles. The molecule has 0 bridgehead atoms. The Morgan fingerprint density at radius 3 is 2.62 bits per heavy atom. The fourth-order valence-electron chi connectivity index (χ4n) is 1.60. The summed E-state index contributed by atoms with van der Waals surface area (Å²) in [5.41, 5.74) is -0.924. The Labute approximate surface area is 118 Å². The lowest BCUT2D eigenvalue weighted by Crippen LogP contribution is -2.23. The molecule has 0 radical (unpaired) electrons. The van der Waals surface area contributed by atoms with Crippen LogP contribution in [0.5, 0.6) is 0 Å². The summed E-state index contributed by atoms with van der Waals surface area (Å²) in [6, 6.07) is 8.05. The fraction of sp³-hybridized carbons (Fsp3) is 0.133. The van der Waals surface area contributed by atoms with E-state index in [9.17, 15) is 18.0 Å². The predicted molar refractivity (Wildman–Crippen MR) is 69.4 cm³/mol. The van der Waals surface area contributed by atoms with Crippen molar-refractivity contribution in [3.63, 3.8) is 0 Å². The number of nitrogens with one attached hydrogen (secondary N) is 1. The van der Waals surface area contributed by atoms with E-state index in [-0.39, 0.29) is 17.9 Å². The first-order valence-corrected chi connectivity index (χ1v) is 5.95. The third kappa shape index (κ3) is 3.89. The van der Waals surface area contributed by atoms with E-state index in [1.807, 2.05) is 0 Å². The Morgan fingerprint density at radius 1 is 1.19 bits per heavy atom. The minimum atomic E-state index is -4.46. The number of hydrogen-bond acceptors (Lipinski definition) is 2. The van der Waals surface area contributed by atoms with Crippen LogP contribution in [0.3, 0.4) is 0 Å². The number of hydrogen-bond donors (Lipinski definition) is 1. The molecule has 0 spiro atoms. The average Bonchev–Trinajstić information content (AvgIpc) is 2.97. The lowest BCUT2D eigenvalue weighted by Gasteiger charge is -2.08. The highest BCUT2D eigenvalue weighted by molar-refractivity contribution is 5.91. The Balaban J connectivity index is 2.02. The van der Waals surface area contributed by atoms with E-state index in [2.05, 4.69) is 17.2 Å². The fourth-order valence-corrected chi connectivity index (χ4v) is 1.60. The van der Waals surface area contributed by atoms with Crippen LogP contribution >= 0.6 is 0 Å². The van der Waals surface area contributed by atoms with Crippen LogP contribution in [-0.4, -0.2) is 12.5 Å². The Bertz CT molecular complexity index is 679. The molecule has 0 atom stereocenters. The molecule has 1 aromatic carbocycles. The van der Waals surface area contributed by atoms with Gasteiger partial charge in [-0.15, -0.1) is 0 Å². The topological polar surface area (TPSA) is 42.2 Å². The van der Waals surface area contributed by atoms with Crippen molar-refractivity contribution < 1.29 is 22.4 Å². The minimum Gasteiger partial charge on any atom is -0.459 e. The molecule has 21 heavy (non-hydrogen) atoms. The molecular formula is C15H10F3NO2. The normalized spacial score (nSPS) is 10.6. The van der Waals surface area contributed by atoms with Crippen molar-refractivity contribution in [2.45, 2.75) is 6.18 Å². The summed E-state index contributed by atoms with van der Waals surface area (Å²) >= 11 is 0. The van der Waals surface area contributed by atoms with Crippen LogP contribution in [-0.2, 0) is 6.18 Å². The van der Waals surface area contributed by atoms with Gasteiger partial charge < -0.3 is 9.73 Å². The summed E-state index contributed by atoms with van der Waals surface area (Å²) < 4.78 is 43.0. The van der Waals surface area contributed by atoms with Crippen LogP contribution in [0.4, 0.5) is 13.2 Å². The van der Waals surface area contributed by atoms with E-state index in [4.69, 9.17) is 4.42 Å². The first kappa shape index (κ1) is 14.7. The standard InChI is InChI=1S/C15H10F3NO2/c16-15(17,18)12-7-2-1-5-11(12)6-3-9-19-14(20)13-8-4-10-21-13/h1-2,4-5,7-8,10H,9H2,(H,19,20). The molecule has 0 unspecified atom stereocenters. The monoisotopic (exact) mass is 293 g/mol. The zero-order valence-corrected chi connectivity index (χ0v) is 10.7. The second-order valence-corrected chi connectivity index (χ2v) is 4.01. The van der Waals surface area contributed by atoms with Gasteiger partial charge in [-0.1, -0.05) is 24.0 Å². The smallest absolute Gasteiger partial charge is 0.417 e. The van der Waals surface area contributed by atoms with Gasteiger partial charge in [-0.05, 0) is 24.3 Å². The number of rotatable bonds is 2. The van der Waals surface area contributed by atoms with Gasteiger partial charge in [0.1, 0.15) is 0 Å². The highest BCUT2D eigenvalue weighted by Crippen LogP contribution is 2.31. The van der Waals surface area contributed by atoms with Crippen molar-refractivity contribution >= 4 is 5.91 Å². The number of carbonyl (C=O) groups excluding carboxylic acids is 1. The van der Waals surface area contributed by atoms with Gasteiger partial charge in [0.25, 0.3) is 5.91 Å². The summed E-state index contributed by atoms with van der Waals surface area (Å²) in [4.78, 5) is 11.5. The molecule has 1 heterocycles. The summed E-state index contributed by atoms with van der Waals surface area (Å²) in [5.74, 6) is 4.53. The summed E-state index contributed by atoms with van der Waals surface area (Å²) in [7, 11) is 0. The zero-order valence-electron chi connectivity index (χ0n) is 10.7.